The molecular weight excluding hydrogens is 284 g/mol. The molecule has 2 rings (SSSR count). The van der Waals surface area contributed by atoms with E-state index in [-0.39, 0.29) is 17.0 Å². The van der Waals surface area contributed by atoms with Crippen molar-refractivity contribution >= 4 is 10.0 Å². The summed E-state index contributed by atoms with van der Waals surface area (Å²) >= 11 is 0. The quantitative estimate of drug-likeness (QED) is 0.943. The first-order chi connectivity index (χ1) is 9.38. The van der Waals surface area contributed by atoms with Crippen LogP contribution in [-0.4, -0.2) is 8.42 Å². The van der Waals surface area contributed by atoms with Crippen LogP contribution in [0.5, 0.6) is 0 Å². The number of aryl methyl sites for hydroxylation is 1. The van der Waals surface area contributed by atoms with Gasteiger partial charge in [0.25, 0.3) is 0 Å². The zero-order chi connectivity index (χ0) is 14.8. The Labute approximate surface area is 116 Å². The number of nitrogens with one attached hydrogen (secondary N) is 1. The average molecular weight is 297 g/mol. The Morgan fingerprint density at radius 2 is 1.70 bits per heavy atom. The number of sulfonamides is 1. The third-order valence-electron chi connectivity index (χ3n) is 2.79. The number of rotatable bonds is 4. The molecule has 0 radical (unpaired) electrons. The summed E-state index contributed by atoms with van der Waals surface area (Å²) in [4.78, 5) is 0.0833. The molecule has 0 aliphatic heterocycles. The molecule has 0 saturated heterocycles. The Kier molecular flexibility index (Phi) is 4.15. The van der Waals surface area contributed by atoms with Gasteiger partial charge in [-0.3, -0.25) is 0 Å². The standard InChI is InChI=1S/C14H13F2NO2S/c1-10-2-5-13(6-3-10)20(18,19)17-9-11-8-12(15)4-7-14(11)16/h2-8,17H,9H2,1H3. The van der Waals surface area contributed by atoms with Crippen molar-refractivity contribution in [2.45, 2.75) is 18.4 Å². The van der Waals surface area contributed by atoms with Crippen LogP contribution >= 0.6 is 0 Å². The summed E-state index contributed by atoms with van der Waals surface area (Å²) in [5, 5.41) is 0. The molecule has 6 heteroatoms. The zero-order valence-corrected chi connectivity index (χ0v) is 11.5. The van der Waals surface area contributed by atoms with Crippen LogP contribution in [0.15, 0.2) is 47.4 Å². The Bertz CT molecular complexity index is 712. The van der Waals surface area contributed by atoms with Gasteiger partial charge in [-0.2, -0.15) is 0 Å². The molecule has 1 N–H and O–H groups in total. The highest BCUT2D eigenvalue weighted by molar-refractivity contribution is 7.89. The summed E-state index contributed by atoms with van der Waals surface area (Å²) in [5.74, 6) is -1.27. The molecule has 0 spiro atoms. The third-order valence-corrected chi connectivity index (χ3v) is 4.21. The van der Waals surface area contributed by atoms with Crippen molar-refractivity contribution in [2.75, 3.05) is 0 Å². The van der Waals surface area contributed by atoms with E-state index in [4.69, 9.17) is 0 Å². The molecule has 0 aliphatic rings. The Morgan fingerprint density at radius 1 is 1.05 bits per heavy atom. The second kappa shape index (κ2) is 5.68. The first kappa shape index (κ1) is 14.6. The van der Waals surface area contributed by atoms with Crippen LogP contribution in [0.25, 0.3) is 0 Å². The fourth-order valence-corrected chi connectivity index (χ4v) is 2.66. The maximum absolute atomic E-state index is 13.4. The molecule has 0 bridgehead atoms. The Morgan fingerprint density at radius 3 is 2.35 bits per heavy atom. The van der Waals surface area contributed by atoms with Crippen LogP contribution in [0.3, 0.4) is 0 Å². The second-order valence-electron chi connectivity index (χ2n) is 4.37. The molecule has 20 heavy (non-hydrogen) atoms. The summed E-state index contributed by atoms with van der Waals surface area (Å²) in [6.45, 7) is 1.53. The fraction of sp³-hybridized carbons (Fsp3) is 0.143. The molecular formula is C14H13F2NO2S. The van der Waals surface area contributed by atoms with E-state index < -0.39 is 21.7 Å². The lowest BCUT2D eigenvalue weighted by Gasteiger charge is -2.08. The molecule has 0 aliphatic carbocycles. The molecule has 0 saturated carbocycles. The van der Waals surface area contributed by atoms with Gasteiger partial charge >= 0.3 is 0 Å². The number of halogens is 2. The van der Waals surface area contributed by atoms with Crippen LogP contribution in [0.4, 0.5) is 8.78 Å². The molecule has 106 valence electrons. The lowest BCUT2D eigenvalue weighted by molar-refractivity contribution is 0.567. The van der Waals surface area contributed by atoms with Gasteiger partial charge in [0.1, 0.15) is 11.6 Å². The van der Waals surface area contributed by atoms with Crippen LogP contribution in [0, 0.1) is 18.6 Å². The predicted octanol–water partition coefficient (Wildman–Crippen LogP) is 2.75. The van der Waals surface area contributed by atoms with Crippen LogP contribution in [0.2, 0.25) is 0 Å². The lowest BCUT2D eigenvalue weighted by atomic mass is 10.2. The molecule has 0 atom stereocenters. The minimum atomic E-state index is -3.74. The minimum absolute atomic E-state index is 0.0410. The molecule has 0 aromatic heterocycles. The fourth-order valence-electron chi connectivity index (χ4n) is 1.65. The molecule has 0 fully saturated rings. The van der Waals surface area contributed by atoms with Gasteiger partial charge in [-0.05, 0) is 37.3 Å². The topological polar surface area (TPSA) is 46.2 Å². The van der Waals surface area contributed by atoms with Gasteiger partial charge < -0.3 is 0 Å². The van der Waals surface area contributed by atoms with E-state index >= 15 is 0 Å². The smallest absolute Gasteiger partial charge is 0.207 e. The number of hydrogen-bond acceptors (Lipinski definition) is 2. The van der Waals surface area contributed by atoms with Gasteiger partial charge in [-0.1, -0.05) is 17.7 Å². The van der Waals surface area contributed by atoms with E-state index in [2.05, 4.69) is 4.72 Å². The van der Waals surface area contributed by atoms with Gasteiger partial charge in [-0.25, -0.2) is 21.9 Å². The first-order valence-electron chi connectivity index (χ1n) is 5.89. The van der Waals surface area contributed by atoms with Crippen molar-refractivity contribution in [3.05, 3.63) is 65.2 Å². The van der Waals surface area contributed by atoms with E-state index in [1.807, 2.05) is 6.92 Å². The summed E-state index contributed by atoms with van der Waals surface area (Å²) in [6, 6.07) is 9.15. The Hall–Kier alpha value is -1.79. The van der Waals surface area contributed by atoms with Crippen molar-refractivity contribution in [2.24, 2.45) is 0 Å². The number of hydrogen-bond donors (Lipinski definition) is 1. The monoisotopic (exact) mass is 297 g/mol. The second-order valence-corrected chi connectivity index (χ2v) is 6.14. The van der Waals surface area contributed by atoms with Crippen LogP contribution in [-0.2, 0) is 16.6 Å². The zero-order valence-electron chi connectivity index (χ0n) is 10.7. The predicted molar refractivity (Wildman–Crippen MR) is 71.6 cm³/mol. The lowest BCUT2D eigenvalue weighted by Crippen LogP contribution is -2.23. The van der Waals surface area contributed by atoms with Crippen LogP contribution < -0.4 is 4.72 Å². The van der Waals surface area contributed by atoms with E-state index in [9.17, 15) is 17.2 Å². The van der Waals surface area contributed by atoms with E-state index in [0.29, 0.717) is 0 Å². The minimum Gasteiger partial charge on any atom is -0.207 e. The largest absolute Gasteiger partial charge is 0.240 e. The van der Waals surface area contributed by atoms with E-state index in [1.54, 1.807) is 12.1 Å². The van der Waals surface area contributed by atoms with E-state index in [0.717, 1.165) is 23.8 Å². The van der Waals surface area contributed by atoms with Gasteiger partial charge in [0.15, 0.2) is 0 Å². The molecule has 3 nitrogen and oxygen atoms in total. The number of benzene rings is 2. The highest BCUT2D eigenvalue weighted by atomic mass is 32.2. The molecule has 2 aromatic carbocycles. The van der Waals surface area contributed by atoms with Crippen molar-refractivity contribution < 1.29 is 17.2 Å². The van der Waals surface area contributed by atoms with Gasteiger partial charge in [0.05, 0.1) is 4.90 Å². The van der Waals surface area contributed by atoms with Gasteiger partial charge in [-0.15, -0.1) is 0 Å². The summed E-state index contributed by atoms with van der Waals surface area (Å²) in [7, 11) is -3.74. The van der Waals surface area contributed by atoms with Crippen molar-refractivity contribution in [1.29, 1.82) is 0 Å². The molecule has 2 aromatic rings. The third kappa shape index (κ3) is 3.40. The van der Waals surface area contributed by atoms with Gasteiger partial charge in [0, 0.05) is 12.1 Å². The van der Waals surface area contributed by atoms with Crippen molar-refractivity contribution in [1.82, 2.24) is 4.72 Å². The summed E-state index contributed by atoms with van der Waals surface area (Å²) < 4.78 is 52.6. The highest BCUT2D eigenvalue weighted by Gasteiger charge is 2.14. The highest BCUT2D eigenvalue weighted by Crippen LogP contribution is 2.13. The van der Waals surface area contributed by atoms with E-state index in [1.165, 1.54) is 12.1 Å². The Balaban J connectivity index is 2.17. The average Bonchev–Trinajstić information content (AvgIpc) is 2.40. The first-order valence-corrected chi connectivity index (χ1v) is 7.37. The maximum atomic E-state index is 13.4. The molecule has 0 amide bonds. The van der Waals surface area contributed by atoms with Crippen molar-refractivity contribution in [3.8, 4) is 0 Å². The SMILES string of the molecule is Cc1ccc(S(=O)(=O)NCc2cc(F)ccc2F)cc1. The normalized spacial score (nSPS) is 11.6. The van der Waals surface area contributed by atoms with Crippen molar-refractivity contribution in [3.63, 3.8) is 0 Å². The summed E-state index contributed by atoms with van der Waals surface area (Å²) in [6.07, 6.45) is 0. The molecule has 0 unspecified atom stereocenters. The summed E-state index contributed by atoms with van der Waals surface area (Å²) in [5.41, 5.74) is 0.890. The molecule has 0 heterocycles. The maximum Gasteiger partial charge on any atom is 0.240 e. The van der Waals surface area contributed by atoms with Gasteiger partial charge in [0.2, 0.25) is 10.0 Å². The van der Waals surface area contributed by atoms with Crippen LogP contribution in [0.1, 0.15) is 11.1 Å².